The Morgan fingerprint density at radius 2 is 2.05 bits per heavy atom. The van der Waals surface area contributed by atoms with Gasteiger partial charge in [-0.1, -0.05) is 11.6 Å². The first-order valence-corrected chi connectivity index (χ1v) is 5.69. The van der Waals surface area contributed by atoms with Gasteiger partial charge in [0.05, 0.1) is 6.61 Å². The molecule has 0 spiro atoms. The lowest BCUT2D eigenvalue weighted by atomic mass is 10.1. The van der Waals surface area contributed by atoms with Crippen molar-refractivity contribution in [3.63, 3.8) is 0 Å². The summed E-state index contributed by atoms with van der Waals surface area (Å²) >= 11 is 5.73. The average Bonchev–Trinajstić information content (AvgIpc) is 2.26. The number of benzene rings is 1. The number of nitrogens with one attached hydrogen (secondary N) is 1. The van der Waals surface area contributed by atoms with E-state index in [2.05, 4.69) is 0 Å². The van der Waals surface area contributed by atoms with E-state index in [-0.39, 0.29) is 28.7 Å². The van der Waals surface area contributed by atoms with Gasteiger partial charge in [-0.25, -0.2) is 0 Å². The molecular weight excluding hydrogens is 283 g/mol. The number of halogens is 4. The van der Waals surface area contributed by atoms with Gasteiger partial charge in [0.1, 0.15) is 12.4 Å². The van der Waals surface area contributed by atoms with Crippen LogP contribution in [0, 0.1) is 5.41 Å². The van der Waals surface area contributed by atoms with E-state index in [1.807, 2.05) is 0 Å². The van der Waals surface area contributed by atoms with Gasteiger partial charge in [0.25, 0.3) is 0 Å². The number of aliphatic hydroxyl groups is 1. The quantitative estimate of drug-likeness (QED) is 0.574. The molecule has 0 aliphatic heterocycles. The van der Waals surface area contributed by atoms with Gasteiger partial charge in [0.2, 0.25) is 0 Å². The lowest BCUT2D eigenvalue weighted by molar-refractivity contribution is -0.119. The summed E-state index contributed by atoms with van der Waals surface area (Å²) in [5, 5.41) is 16.5. The molecule has 0 aliphatic rings. The van der Waals surface area contributed by atoms with Crippen LogP contribution in [0.15, 0.2) is 18.2 Å². The Morgan fingerprint density at radius 1 is 1.42 bits per heavy atom. The van der Waals surface area contributed by atoms with Gasteiger partial charge >= 0.3 is 6.18 Å². The molecule has 4 nitrogen and oxygen atoms in total. The molecule has 0 heterocycles. The van der Waals surface area contributed by atoms with E-state index in [4.69, 9.17) is 27.9 Å². The Morgan fingerprint density at radius 3 is 2.53 bits per heavy atom. The third-order valence-corrected chi connectivity index (χ3v) is 2.56. The van der Waals surface area contributed by atoms with Crippen LogP contribution in [0.25, 0.3) is 0 Å². The topological polar surface area (TPSA) is 73.3 Å². The first-order chi connectivity index (χ1) is 8.74. The van der Waals surface area contributed by atoms with Crippen molar-refractivity contribution in [3.8, 4) is 0 Å². The standard InChI is InChI=1S/C11H13ClF3N3O/c12-7-1-2-9(8(5-7)10(16)17)18(3-4-19)6-11(13,14)15/h1-2,5,19H,3-4,6H2,(H3,16,17). The van der Waals surface area contributed by atoms with E-state index >= 15 is 0 Å². The van der Waals surface area contributed by atoms with E-state index < -0.39 is 19.3 Å². The van der Waals surface area contributed by atoms with Crippen molar-refractivity contribution in [1.29, 1.82) is 5.41 Å². The van der Waals surface area contributed by atoms with Gasteiger partial charge in [0.15, 0.2) is 0 Å². The average molecular weight is 296 g/mol. The van der Waals surface area contributed by atoms with Crippen molar-refractivity contribution >= 4 is 23.1 Å². The predicted molar refractivity (Wildman–Crippen MR) is 67.8 cm³/mol. The molecule has 1 aromatic rings. The summed E-state index contributed by atoms with van der Waals surface area (Å²) in [6.07, 6.45) is -4.43. The molecule has 19 heavy (non-hydrogen) atoms. The van der Waals surface area contributed by atoms with E-state index in [9.17, 15) is 13.2 Å². The summed E-state index contributed by atoms with van der Waals surface area (Å²) in [7, 11) is 0. The third-order valence-electron chi connectivity index (χ3n) is 2.33. The molecule has 0 saturated heterocycles. The second kappa shape index (κ2) is 6.12. The van der Waals surface area contributed by atoms with Crippen molar-refractivity contribution in [2.24, 2.45) is 5.73 Å². The van der Waals surface area contributed by atoms with E-state index in [1.54, 1.807) is 0 Å². The summed E-state index contributed by atoms with van der Waals surface area (Å²) < 4.78 is 37.5. The number of aliphatic hydroxyl groups excluding tert-OH is 1. The number of rotatable bonds is 5. The number of amidine groups is 1. The SMILES string of the molecule is N=C(N)c1cc(Cl)ccc1N(CCO)CC(F)(F)F. The van der Waals surface area contributed by atoms with Gasteiger partial charge in [-0.2, -0.15) is 13.2 Å². The minimum atomic E-state index is -4.43. The van der Waals surface area contributed by atoms with Crippen LogP contribution in [-0.4, -0.2) is 36.8 Å². The lowest BCUT2D eigenvalue weighted by Crippen LogP contribution is -2.37. The zero-order chi connectivity index (χ0) is 14.6. The van der Waals surface area contributed by atoms with Crippen LogP contribution in [-0.2, 0) is 0 Å². The highest BCUT2D eigenvalue weighted by atomic mass is 35.5. The molecule has 0 aromatic heterocycles. The molecule has 0 fully saturated rings. The molecule has 4 N–H and O–H groups in total. The number of anilines is 1. The van der Waals surface area contributed by atoms with Crippen LogP contribution in [0.4, 0.5) is 18.9 Å². The lowest BCUT2D eigenvalue weighted by Gasteiger charge is -2.27. The monoisotopic (exact) mass is 295 g/mol. The number of hydrogen-bond acceptors (Lipinski definition) is 3. The smallest absolute Gasteiger partial charge is 0.395 e. The highest BCUT2D eigenvalue weighted by Crippen LogP contribution is 2.27. The zero-order valence-electron chi connectivity index (χ0n) is 9.84. The van der Waals surface area contributed by atoms with E-state index in [0.29, 0.717) is 0 Å². The van der Waals surface area contributed by atoms with Crippen LogP contribution in [0.3, 0.4) is 0 Å². The van der Waals surface area contributed by atoms with Crippen LogP contribution < -0.4 is 10.6 Å². The molecule has 1 aromatic carbocycles. The Balaban J connectivity index is 3.18. The summed E-state index contributed by atoms with van der Waals surface area (Å²) in [6, 6.07) is 4.07. The molecular formula is C11H13ClF3N3O. The number of hydrogen-bond donors (Lipinski definition) is 3. The predicted octanol–water partition coefficient (Wildman–Crippen LogP) is 1.99. The fourth-order valence-corrected chi connectivity index (χ4v) is 1.79. The van der Waals surface area contributed by atoms with E-state index in [1.165, 1.54) is 18.2 Å². The molecule has 1 rings (SSSR count). The minimum absolute atomic E-state index is 0.102. The molecule has 106 valence electrons. The second-order valence-electron chi connectivity index (χ2n) is 3.84. The first-order valence-electron chi connectivity index (χ1n) is 5.31. The Labute approximate surface area is 113 Å². The number of nitrogens with two attached hydrogens (primary N) is 1. The Kier molecular flexibility index (Phi) is 5.02. The van der Waals surface area contributed by atoms with Crippen molar-refractivity contribution in [2.45, 2.75) is 6.18 Å². The van der Waals surface area contributed by atoms with Crippen LogP contribution in [0.5, 0.6) is 0 Å². The fraction of sp³-hybridized carbons (Fsp3) is 0.364. The van der Waals surface area contributed by atoms with Crippen LogP contribution in [0.1, 0.15) is 5.56 Å². The van der Waals surface area contributed by atoms with Gasteiger partial charge in [0, 0.05) is 22.8 Å². The van der Waals surface area contributed by atoms with Gasteiger partial charge < -0.3 is 15.7 Å². The number of nitrogen functional groups attached to an aromatic ring is 1. The summed E-state index contributed by atoms with van der Waals surface area (Å²) in [5.74, 6) is -0.386. The van der Waals surface area contributed by atoms with Crippen molar-refractivity contribution in [2.75, 3.05) is 24.6 Å². The molecule has 0 unspecified atom stereocenters. The fourth-order valence-electron chi connectivity index (χ4n) is 1.62. The highest BCUT2D eigenvalue weighted by Gasteiger charge is 2.31. The zero-order valence-corrected chi connectivity index (χ0v) is 10.6. The molecule has 0 radical (unpaired) electrons. The largest absolute Gasteiger partial charge is 0.405 e. The normalized spacial score (nSPS) is 11.4. The Bertz CT molecular complexity index is 465. The molecule has 8 heteroatoms. The first kappa shape index (κ1) is 15.6. The van der Waals surface area contributed by atoms with Crippen LogP contribution >= 0.6 is 11.6 Å². The third kappa shape index (κ3) is 4.60. The summed E-state index contributed by atoms with van der Waals surface area (Å²) in [5.41, 5.74) is 5.55. The highest BCUT2D eigenvalue weighted by molar-refractivity contribution is 6.31. The van der Waals surface area contributed by atoms with E-state index in [0.717, 1.165) is 4.90 Å². The molecule has 0 saturated carbocycles. The number of nitrogens with zero attached hydrogens (tertiary/aromatic N) is 1. The van der Waals surface area contributed by atoms with Crippen molar-refractivity contribution in [1.82, 2.24) is 0 Å². The molecule has 0 bridgehead atoms. The second-order valence-corrected chi connectivity index (χ2v) is 4.27. The Hall–Kier alpha value is -1.47. The molecule has 0 atom stereocenters. The van der Waals surface area contributed by atoms with Gasteiger partial charge in [-0.15, -0.1) is 0 Å². The van der Waals surface area contributed by atoms with Gasteiger partial charge in [-0.05, 0) is 18.2 Å². The van der Waals surface area contributed by atoms with Gasteiger partial charge in [-0.3, -0.25) is 5.41 Å². The summed E-state index contributed by atoms with van der Waals surface area (Å²) in [4.78, 5) is 0.910. The minimum Gasteiger partial charge on any atom is -0.395 e. The maximum Gasteiger partial charge on any atom is 0.405 e. The van der Waals surface area contributed by atoms with Crippen molar-refractivity contribution in [3.05, 3.63) is 28.8 Å². The maximum atomic E-state index is 12.5. The van der Waals surface area contributed by atoms with Crippen LogP contribution in [0.2, 0.25) is 5.02 Å². The molecule has 0 aliphatic carbocycles. The maximum absolute atomic E-state index is 12.5. The molecule has 0 amide bonds. The number of alkyl halides is 3. The summed E-state index contributed by atoms with van der Waals surface area (Å²) in [6.45, 7) is -1.91. The van der Waals surface area contributed by atoms with Crippen molar-refractivity contribution < 1.29 is 18.3 Å².